The van der Waals surface area contributed by atoms with Gasteiger partial charge in [-0.05, 0) is 70.3 Å². The van der Waals surface area contributed by atoms with E-state index >= 15 is 0 Å². The van der Waals surface area contributed by atoms with E-state index in [9.17, 15) is 0 Å². The van der Waals surface area contributed by atoms with Crippen LogP contribution in [0, 0.1) is 27.7 Å². The Morgan fingerprint density at radius 2 is 0.943 bits per heavy atom. The number of aryl methyl sites for hydroxylation is 4. The standard InChI is InChI=1S/C32H35NP2/c1-23-17-24(2)20-27(19-23)31-15-16-32(28-21-25(3)18-26(4)22-28)35(31)33-34(29-11-7-5-8-12-29)30-13-9-6-10-14-30/h5-14,17-22,31-33H,15-16H2,1-4H3/t31-,32-/m0/s1. The lowest BCUT2D eigenvalue weighted by atomic mass is 9.99. The molecule has 0 amide bonds. The van der Waals surface area contributed by atoms with E-state index in [4.69, 9.17) is 0 Å². The third-order valence-corrected chi connectivity index (χ3v) is 12.7. The summed E-state index contributed by atoms with van der Waals surface area (Å²) in [6.07, 6.45) is 2.48. The predicted molar refractivity (Wildman–Crippen MR) is 156 cm³/mol. The molecule has 1 fully saturated rings. The normalized spacial score (nSPS) is 18.3. The summed E-state index contributed by atoms with van der Waals surface area (Å²) in [5.41, 5.74) is 9.65. The molecule has 0 bridgehead atoms. The highest BCUT2D eigenvalue weighted by Crippen LogP contribution is 2.70. The van der Waals surface area contributed by atoms with Crippen LogP contribution in [0.2, 0.25) is 0 Å². The van der Waals surface area contributed by atoms with Crippen molar-refractivity contribution in [2.75, 3.05) is 0 Å². The lowest BCUT2D eigenvalue weighted by molar-refractivity contribution is 0.764. The molecule has 1 heterocycles. The number of nitrogens with one attached hydrogen (secondary N) is 1. The van der Waals surface area contributed by atoms with Crippen LogP contribution in [0.15, 0.2) is 97.1 Å². The highest BCUT2D eigenvalue weighted by Gasteiger charge is 2.39. The third kappa shape index (κ3) is 5.59. The summed E-state index contributed by atoms with van der Waals surface area (Å²) in [7, 11) is -1.13. The molecule has 1 nitrogen and oxygen atoms in total. The van der Waals surface area contributed by atoms with Crippen LogP contribution in [0.25, 0.3) is 0 Å². The molecule has 0 saturated carbocycles. The van der Waals surface area contributed by atoms with Gasteiger partial charge in [0.05, 0.1) is 0 Å². The van der Waals surface area contributed by atoms with Crippen LogP contribution in [0.3, 0.4) is 0 Å². The monoisotopic (exact) mass is 495 g/mol. The van der Waals surface area contributed by atoms with Gasteiger partial charge in [-0.1, -0.05) is 119 Å². The fourth-order valence-corrected chi connectivity index (χ4v) is 12.0. The Labute approximate surface area is 213 Å². The molecule has 0 aliphatic carbocycles. The van der Waals surface area contributed by atoms with Crippen LogP contribution in [-0.4, -0.2) is 0 Å². The molecule has 3 heteroatoms. The van der Waals surface area contributed by atoms with Gasteiger partial charge < -0.3 is 0 Å². The Morgan fingerprint density at radius 1 is 0.571 bits per heavy atom. The van der Waals surface area contributed by atoms with E-state index in [0.717, 1.165) is 0 Å². The summed E-state index contributed by atoms with van der Waals surface area (Å²) in [6, 6.07) is 36.5. The van der Waals surface area contributed by atoms with E-state index in [-0.39, 0.29) is 0 Å². The van der Waals surface area contributed by atoms with Crippen molar-refractivity contribution < 1.29 is 0 Å². The van der Waals surface area contributed by atoms with Crippen molar-refractivity contribution in [2.24, 2.45) is 0 Å². The SMILES string of the molecule is Cc1cc(C)cc([C@@H]2CC[C@@H](c3cc(C)cc(C)c3)P2NP(c2ccccc2)c2ccccc2)c1. The van der Waals surface area contributed by atoms with Crippen molar-refractivity contribution in [2.45, 2.75) is 51.9 Å². The first-order valence-electron chi connectivity index (χ1n) is 12.6. The molecule has 178 valence electrons. The van der Waals surface area contributed by atoms with Crippen molar-refractivity contribution in [1.82, 2.24) is 4.86 Å². The summed E-state index contributed by atoms with van der Waals surface area (Å²) in [5, 5.41) is 2.81. The van der Waals surface area contributed by atoms with Gasteiger partial charge in [-0.15, -0.1) is 0 Å². The molecule has 0 spiro atoms. The van der Waals surface area contributed by atoms with Crippen molar-refractivity contribution >= 4 is 26.8 Å². The molecule has 1 aliphatic rings. The molecule has 0 radical (unpaired) electrons. The lowest BCUT2D eigenvalue weighted by Crippen LogP contribution is -2.22. The van der Waals surface area contributed by atoms with Crippen LogP contribution in [0.1, 0.15) is 57.5 Å². The Hall–Kier alpha value is -2.30. The average molecular weight is 496 g/mol. The van der Waals surface area contributed by atoms with Crippen molar-refractivity contribution in [3.8, 4) is 0 Å². The summed E-state index contributed by atoms with van der Waals surface area (Å²) in [6.45, 7) is 8.96. The lowest BCUT2D eigenvalue weighted by Gasteiger charge is -2.32. The molecule has 5 rings (SSSR count). The largest absolute Gasteiger partial charge is 0.265 e. The molecule has 4 aromatic rings. The first kappa shape index (κ1) is 24.4. The van der Waals surface area contributed by atoms with E-state index in [1.54, 1.807) is 0 Å². The van der Waals surface area contributed by atoms with Crippen molar-refractivity contribution in [3.05, 3.63) is 130 Å². The number of rotatable bonds is 6. The second-order valence-electron chi connectivity index (χ2n) is 9.96. The summed E-state index contributed by atoms with van der Waals surface area (Å²) >= 11 is 0. The van der Waals surface area contributed by atoms with E-state index in [0.29, 0.717) is 11.3 Å². The number of hydrogen-bond acceptors (Lipinski definition) is 1. The minimum atomic E-state index is -0.648. The number of benzene rings is 4. The van der Waals surface area contributed by atoms with Crippen molar-refractivity contribution in [1.29, 1.82) is 0 Å². The van der Waals surface area contributed by atoms with Crippen LogP contribution >= 0.6 is 16.1 Å². The summed E-state index contributed by atoms with van der Waals surface area (Å²) in [5.74, 6) is 0. The highest BCUT2D eigenvalue weighted by atomic mass is 31.2. The second-order valence-corrected chi connectivity index (χ2v) is 14.5. The Kier molecular flexibility index (Phi) is 7.50. The molecule has 4 aromatic carbocycles. The predicted octanol–water partition coefficient (Wildman–Crippen LogP) is 8.53. The summed E-state index contributed by atoms with van der Waals surface area (Å²) < 4.78 is 0. The molecule has 1 N–H and O–H groups in total. The van der Waals surface area contributed by atoms with Gasteiger partial charge in [0.25, 0.3) is 0 Å². The first-order chi connectivity index (χ1) is 17.0. The zero-order chi connectivity index (χ0) is 24.4. The quantitative estimate of drug-likeness (QED) is 0.264. The Bertz CT molecular complexity index is 1150. The zero-order valence-electron chi connectivity index (χ0n) is 21.2. The first-order valence-corrected chi connectivity index (χ1v) is 15.4. The Morgan fingerprint density at radius 3 is 1.31 bits per heavy atom. The smallest absolute Gasteiger partial charge is 0.0290 e. The van der Waals surface area contributed by atoms with Crippen LogP contribution < -0.4 is 15.5 Å². The third-order valence-electron chi connectivity index (χ3n) is 6.89. The summed E-state index contributed by atoms with van der Waals surface area (Å²) in [4.78, 5) is 4.35. The molecule has 0 aromatic heterocycles. The number of hydrogen-bond donors (Lipinski definition) is 1. The van der Waals surface area contributed by atoms with E-state index in [1.165, 1.54) is 56.8 Å². The minimum Gasteiger partial charge on any atom is -0.265 e. The van der Waals surface area contributed by atoms with Gasteiger partial charge in [0.1, 0.15) is 0 Å². The van der Waals surface area contributed by atoms with E-state index < -0.39 is 16.1 Å². The van der Waals surface area contributed by atoms with Gasteiger partial charge in [-0.3, -0.25) is 4.86 Å². The van der Waals surface area contributed by atoms with Crippen LogP contribution in [-0.2, 0) is 0 Å². The fraction of sp³-hybridized carbons (Fsp3) is 0.250. The molecular formula is C32H35NP2. The highest BCUT2D eigenvalue weighted by molar-refractivity contribution is 7.80. The molecular weight excluding hydrogens is 460 g/mol. The topological polar surface area (TPSA) is 12.0 Å². The molecule has 1 aliphatic heterocycles. The van der Waals surface area contributed by atoms with Crippen LogP contribution in [0.5, 0.6) is 0 Å². The average Bonchev–Trinajstić information content (AvgIpc) is 3.26. The fourth-order valence-electron chi connectivity index (χ4n) is 5.54. The van der Waals surface area contributed by atoms with Crippen LogP contribution in [0.4, 0.5) is 0 Å². The van der Waals surface area contributed by atoms with Crippen molar-refractivity contribution in [3.63, 3.8) is 0 Å². The molecule has 2 atom stereocenters. The maximum absolute atomic E-state index is 4.35. The minimum absolute atomic E-state index is 0.482. The van der Waals surface area contributed by atoms with Gasteiger partial charge in [-0.2, -0.15) is 0 Å². The molecule has 35 heavy (non-hydrogen) atoms. The maximum Gasteiger partial charge on any atom is 0.0290 e. The second kappa shape index (κ2) is 10.8. The van der Waals surface area contributed by atoms with Gasteiger partial charge in [0, 0.05) is 19.4 Å². The molecule has 0 unspecified atom stereocenters. The van der Waals surface area contributed by atoms with Gasteiger partial charge in [-0.25, -0.2) is 0 Å². The van der Waals surface area contributed by atoms with Gasteiger partial charge in [0.15, 0.2) is 0 Å². The zero-order valence-corrected chi connectivity index (χ0v) is 23.0. The maximum atomic E-state index is 4.35. The van der Waals surface area contributed by atoms with E-state index in [2.05, 4.69) is 130 Å². The van der Waals surface area contributed by atoms with Gasteiger partial charge >= 0.3 is 0 Å². The van der Waals surface area contributed by atoms with Gasteiger partial charge in [0.2, 0.25) is 0 Å². The Balaban J connectivity index is 1.59. The molecule has 1 saturated heterocycles. The van der Waals surface area contributed by atoms with E-state index in [1.807, 2.05) is 0 Å².